The van der Waals surface area contributed by atoms with Crippen LogP contribution < -0.4 is 5.32 Å². The monoisotopic (exact) mass is 302 g/mol. The molecular formula is C10H7ClN2O3S2. The van der Waals surface area contributed by atoms with Gasteiger partial charge in [-0.3, -0.25) is 4.79 Å². The molecule has 8 heteroatoms. The van der Waals surface area contributed by atoms with Crippen LogP contribution in [-0.4, -0.2) is 22.0 Å². The summed E-state index contributed by atoms with van der Waals surface area (Å²) < 4.78 is 0.473. The second kappa shape index (κ2) is 5.47. The predicted octanol–water partition coefficient (Wildman–Crippen LogP) is 2.41. The topological polar surface area (TPSA) is 79.3 Å². The smallest absolute Gasteiger partial charge is 0.332 e. The van der Waals surface area contributed by atoms with Gasteiger partial charge in [0.25, 0.3) is 5.91 Å². The summed E-state index contributed by atoms with van der Waals surface area (Å²) in [6, 6.07) is 1.98. The number of carboxylic acids is 1. The molecule has 1 atom stereocenters. The number of nitrogens with one attached hydrogen (secondary N) is 1. The zero-order chi connectivity index (χ0) is 13.1. The van der Waals surface area contributed by atoms with Gasteiger partial charge in [0.1, 0.15) is 0 Å². The Bertz CT molecular complexity index is 567. The first-order valence-electron chi connectivity index (χ1n) is 4.75. The number of halogens is 1. The minimum atomic E-state index is -1.16. The summed E-state index contributed by atoms with van der Waals surface area (Å²) in [7, 11) is 0. The van der Waals surface area contributed by atoms with Crippen molar-refractivity contribution in [1.82, 2.24) is 10.3 Å². The third-order valence-corrected chi connectivity index (χ3v) is 3.90. The number of rotatable bonds is 4. The van der Waals surface area contributed by atoms with E-state index in [0.717, 1.165) is 11.3 Å². The maximum Gasteiger partial charge on any atom is 0.332 e. The van der Waals surface area contributed by atoms with Crippen LogP contribution in [0.4, 0.5) is 0 Å². The molecule has 94 valence electrons. The van der Waals surface area contributed by atoms with Crippen LogP contribution in [0.1, 0.15) is 21.4 Å². The van der Waals surface area contributed by atoms with Crippen molar-refractivity contribution >= 4 is 46.2 Å². The van der Waals surface area contributed by atoms with E-state index in [2.05, 4.69) is 10.3 Å². The molecule has 2 aromatic rings. The third kappa shape index (κ3) is 2.87. The third-order valence-electron chi connectivity index (χ3n) is 2.07. The molecule has 0 aliphatic rings. The van der Waals surface area contributed by atoms with E-state index in [1.54, 1.807) is 17.5 Å². The van der Waals surface area contributed by atoms with E-state index in [1.165, 1.54) is 16.8 Å². The van der Waals surface area contributed by atoms with Gasteiger partial charge in [0.2, 0.25) is 0 Å². The maximum absolute atomic E-state index is 11.8. The first-order valence-corrected chi connectivity index (χ1v) is 6.88. The van der Waals surface area contributed by atoms with E-state index in [4.69, 9.17) is 16.7 Å². The Kier molecular flexibility index (Phi) is 3.95. The molecule has 2 aromatic heterocycles. The number of carbonyl (C=O) groups is 2. The Labute approximate surface area is 115 Å². The van der Waals surface area contributed by atoms with Crippen molar-refractivity contribution in [1.29, 1.82) is 0 Å². The lowest BCUT2D eigenvalue weighted by atomic mass is 10.2. The highest BCUT2D eigenvalue weighted by Gasteiger charge is 2.24. The number of hydrogen-bond donors (Lipinski definition) is 2. The Balaban J connectivity index is 2.15. The maximum atomic E-state index is 11.8. The number of thiophene rings is 1. The van der Waals surface area contributed by atoms with Gasteiger partial charge in [-0.1, -0.05) is 11.6 Å². The summed E-state index contributed by atoms with van der Waals surface area (Å²) in [4.78, 5) is 27.2. The molecule has 0 saturated carbocycles. The number of hydrogen-bond acceptors (Lipinski definition) is 5. The molecule has 0 saturated heterocycles. The van der Waals surface area contributed by atoms with Crippen molar-refractivity contribution in [2.75, 3.05) is 0 Å². The van der Waals surface area contributed by atoms with Gasteiger partial charge >= 0.3 is 5.97 Å². The second-order valence-corrected chi connectivity index (χ2v) is 5.70. The number of aliphatic carboxylic acids is 1. The molecule has 1 unspecified atom stereocenters. The van der Waals surface area contributed by atoms with Gasteiger partial charge < -0.3 is 10.4 Å². The fourth-order valence-electron chi connectivity index (χ4n) is 1.27. The Hall–Kier alpha value is -1.44. The quantitative estimate of drug-likeness (QED) is 0.909. The number of carboxylic acid groups (broad SMARTS) is 1. The molecule has 2 heterocycles. The molecule has 0 aliphatic heterocycles. The van der Waals surface area contributed by atoms with Crippen molar-refractivity contribution in [3.63, 3.8) is 0 Å². The van der Waals surface area contributed by atoms with E-state index < -0.39 is 17.9 Å². The molecule has 0 spiro atoms. The SMILES string of the molecule is O=C(NC(C(=O)O)c1cscn1)c1ccc(Cl)s1. The average Bonchev–Trinajstić information content (AvgIpc) is 2.95. The van der Waals surface area contributed by atoms with E-state index in [1.807, 2.05) is 0 Å². The number of thiazole rings is 1. The Morgan fingerprint density at radius 3 is 2.72 bits per heavy atom. The van der Waals surface area contributed by atoms with Crippen molar-refractivity contribution < 1.29 is 14.7 Å². The standard InChI is InChI=1S/C10H7ClN2O3S2/c11-7-2-1-6(18-7)9(14)13-8(10(15)16)5-3-17-4-12-5/h1-4,8H,(H,13,14)(H,15,16). The van der Waals surface area contributed by atoms with Crippen LogP contribution in [0.5, 0.6) is 0 Å². The van der Waals surface area contributed by atoms with Crippen LogP contribution >= 0.6 is 34.3 Å². The Morgan fingerprint density at radius 1 is 1.44 bits per heavy atom. The summed E-state index contributed by atoms with van der Waals surface area (Å²) >= 11 is 8.07. The predicted molar refractivity (Wildman–Crippen MR) is 69.3 cm³/mol. The van der Waals surface area contributed by atoms with E-state index >= 15 is 0 Å². The van der Waals surface area contributed by atoms with Gasteiger partial charge in [0.05, 0.1) is 20.4 Å². The molecule has 5 nitrogen and oxygen atoms in total. The lowest BCUT2D eigenvalue weighted by molar-refractivity contribution is -0.139. The van der Waals surface area contributed by atoms with Gasteiger partial charge in [-0.05, 0) is 12.1 Å². The Morgan fingerprint density at radius 2 is 2.22 bits per heavy atom. The first-order chi connectivity index (χ1) is 8.58. The lowest BCUT2D eigenvalue weighted by Gasteiger charge is -2.11. The van der Waals surface area contributed by atoms with Crippen molar-refractivity contribution in [2.45, 2.75) is 6.04 Å². The molecule has 0 bridgehead atoms. The second-order valence-electron chi connectivity index (χ2n) is 3.26. The fraction of sp³-hybridized carbons (Fsp3) is 0.100. The highest BCUT2D eigenvalue weighted by molar-refractivity contribution is 7.18. The summed E-state index contributed by atoms with van der Waals surface area (Å²) in [5, 5.41) is 13.1. The number of carbonyl (C=O) groups excluding carboxylic acids is 1. The van der Waals surface area contributed by atoms with Gasteiger partial charge in [0.15, 0.2) is 6.04 Å². The minimum Gasteiger partial charge on any atom is -0.479 e. The number of aromatic nitrogens is 1. The highest BCUT2D eigenvalue weighted by Crippen LogP contribution is 2.22. The van der Waals surface area contributed by atoms with Gasteiger partial charge in [-0.2, -0.15) is 0 Å². The average molecular weight is 303 g/mol. The molecule has 2 N–H and O–H groups in total. The van der Waals surface area contributed by atoms with Gasteiger partial charge in [-0.15, -0.1) is 22.7 Å². The van der Waals surface area contributed by atoms with E-state index in [9.17, 15) is 9.59 Å². The molecule has 2 rings (SSSR count). The summed E-state index contributed by atoms with van der Waals surface area (Å²) in [6.45, 7) is 0. The first kappa shape index (κ1) is 13.0. The minimum absolute atomic E-state index is 0.309. The molecule has 0 aliphatic carbocycles. The van der Waals surface area contributed by atoms with Crippen molar-refractivity contribution in [2.24, 2.45) is 0 Å². The van der Waals surface area contributed by atoms with Crippen molar-refractivity contribution in [3.8, 4) is 0 Å². The molecule has 1 amide bonds. The van der Waals surface area contributed by atoms with Crippen LogP contribution in [-0.2, 0) is 4.79 Å². The molecular weight excluding hydrogens is 296 g/mol. The largest absolute Gasteiger partial charge is 0.479 e. The van der Waals surface area contributed by atoms with Crippen LogP contribution in [0.3, 0.4) is 0 Å². The van der Waals surface area contributed by atoms with E-state index in [-0.39, 0.29) is 0 Å². The molecule has 0 aromatic carbocycles. The van der Waals surface area contributed by atoms with E-state index in [0.29, 0.717) is 14.9 Å². The van der Waals surface area contributed by atoms with Gasteiger partial charge in [0, 0.05) is 5.38 Å². The van der Waals surface area contributed by atoms with Gasteiger partial charge in [-0.25, -0.2) is 9.78 Å². The summed E-state index contributed by atoms with van der Waals surface area (Å²) in [5.41, 5.74) is 1.82. The zero-order valence-corrected chi connectivity index (χ0v) is 11.2. The fourth-order valence-corrected chi connectivity index (χ4v) is 2.79. The molecule has 0 radical (unpaired) electrons. The molecule has 18 heavy (non-hydrogen) atoms. The molecule has 0 fully saturated rings. The normalized spacial score (nSPS) is 12.1. The van der Waals surface area contributed by atoms with Crippen LogP contribution in [0.15, 0.2) is 23.0 Å². The number of amides is 1. The van der Waals surface area contributed by atoms with Crippen LogP contribution in [0.25, 0.3) is 0 Å². The lowest BCUT2D eigenvalue weighted by Crippen LogP contribution is -2.33. The van der Waals surface area contributed by atoms with Crippen molar-refractivity contribution in [3.05, 3.63) is 37.9 Å². The number of nitrogens with zero attached hydrogens (tertiary/aromatic N) is 1. The summed E-state index contributed by atoms with van der Waals surface area (Å²) in [6.07, 6.45) is 0. The summed E-state index contributed by atoms with van der Waals surface area (Å²) in [5.74, 6) is -1.63. The van der Waals surface area contributed by atoms with Crippen LogP contribution in [0, 0.1) is 0 Å². The zero-order valence-electron chi connectivity index (χ0n) is 8.79. The highest BCUT2D eigenvalue weighted by atomic mass is 35.5. The van der Waals surface area contributed by atoms with Crippen LogP contribution in [0.2, 0.25) is 4.34 Å².